The monoisotopic (exact) mass is 359 g/mol. The number of H-pyrrole nitrogens is 1. The van der Waals surface area contributed by atoms with Crippen LogP contribution >= 0.6 is 0 Å². The number of nitrogens with zero attached hydrogens (tertiary/aromatic N) is 5. The van der Waals surface area contributed by atoms with Crippen LogP contribution in [0.5, 0.6) is 0 Å². The summed E-state index contributed by atoms with van der Waals surface area (Å²) in [4.78, 5) is 39.8. The van der Waals surface area contributed by atoms with Crippen LogP contribution in [0.3, 0.4) is 0 Å². The molecule has 0 aliphatic carbocycles. The molecule has 2 N–H and O–H groups in total. The van der Waals surface area contributed by atoms with E-state index in [4.69, 9.17) is 0 Å². The molecule has 3 rings (SSSR count). The molecule has 26 heavy (non-hydrogen) atoms. The second-order valence-electron chi connectivity index (χ2n) is 6.59. The maximum absolute atomic E-state index is 12.9. The number of hydrogen-bond acceptors (Lipinski definition) is 5. The summed E-state index contributed by atoms with van der Waals surface area (Å²) in [6.07, 6.45) is 7.38. The molecular weight excluding hydrogens is 334 g/mol. The average Bonchev–Trinajstić information content (AvgIpc) is 3.26. The van der Waals surface area contributed by atoms with Crippen LogP contribution in [0.1, 0.15) is 18.4 Å². The van der Waals surface area contributed by atoms with Gasteiger partial charge in [-0.3, -0.25) is 14.5 Å². The number of carbonyl (C=O) groups excluding carboxylic acids is 2. The molecule has 2 aromatic heterocycles. The maximum Gasteiger partial charge on any atom is 0.245 e. The van der Waals surface area contributed by atoms with Crippen LogP contribution in [-0.2, 0) is 29.6 Å². The van der Waals surface area contributed by atoms with Gasteiger partial charge in [-0.15, -0.1) is 0 Å². The van der Waals surface area contributed by atoms with Gasteiger partial charge in [0.1, 0.15) is 11.9 Å². The highest BCUT2D eigenvalue weighted by atomic mass is 16.2. The number of aryl methyl sites for hydroxylation is 1. The predicted octanol–water partition coefficient (Wildman–Crippen LogP) is -0.465. The Hall–Kier alpha value is -2.68. The lowest BCUT2D eigenvalue weighted by Crippen LogP contribution is -2.55. The van der Waals surface area contributed by atoms with Gasteiger partial charge in [0.25, 0.3) is 0 Å². The minimum atomic E-state index is -0.575. The molecule has 0 spiro atoms. The normalized spacial score (nSPS) is 16.5. The van der Waals surface area contributed by atoms with Crippen molar-refractivity contribution in [2.75, 3.05) is 26.2 Å². The van der Waals surface area contributed by atoms with E-state index in [0.717, 1.165) is 31.2 Å². The van der Waals surface area contributed by atoms with Crippen LogP contribution in [-0.4, -0.2) is 73.4 Å². The Bertz CT molecular complexity index is 732. The molecule has 1 atom stereocenters. The summed E-state index contributed by atoms with van der Waals surface area (Å²) in [5.41, 5.74) is 0.825. The second kappa shape index (κ2) is 8.13. The van der Waals surface area contributed by atoms with Gasteiger partial charge < -0.3 is 19.8 Å². The summed E-state index contributed by atoms with van der Waals surface area (Å²) in [5.74, 6) is 0.753. The lowest BCUT2D eigenvalue weighted by molar-refractivity contribution is -0.137. The standard InChI is InChI=1S/C17H25N7O2/c1-13(25)21-15(9-14-10-18-12-20-14)17(26)24-7-5-23(6-8-24)11-16-19-3-4-22(16)2/h3-4,10,12,15H,5-9,11H2,1-2H3,(H,18,20)(H,21,25)/t15-/m0/s1. The fourth-order valence-electron chi connectivity index (χ4n) is 3.16. The first-order chi connectivity index (χ1) is 12.5. The van der Waals surface area contributed by atoms with E-state index in [-0.39, 0.29) is 11.8 Å². The van der Waals surface area contributed by atoms with Gasteiger partial charge in [0.15, 0.2) is 0 Å². The van der Waals surface area contributed by atoms with Crippen molar-refractivity contribution < 1.29 is 9.59 Å². The highest BCUT2D eigenvalue weighted by Gasteiger charge is 2.28. The Kier molecular flexibility index (Phi) is 5.67. The summed E-state index contributed by atoms with van der Waals surface area (Å²) in [7, 11) is 1.98. The number of aromatic amines is 1. The smallest absolute Gasteiger partial charge is 0.245 e. The van der Waals surface area contributed by atoms with E-state index in [1.165, 1.54) is 6.92 Å². The van der Waals surface area contributed by atoms with Crippen molar-refractivity contribution in [1.29, 1.82) is 0 Å². The van der Waals surface area contributed by atoms with Gasteiger partial charge in [-0.05, 0) is 0 Å². The van der Waals surface area contributed by atoms with Crippen molar-refractivity contribution in [2.24, 2.45) is 7.05 Å². The molecule has 1 aliphatic heterocycles. The number of amides is 2. The third kappa shape index (κ3) is 4.48. The van der Waals surface area contributed by atoms with Crippen LogP contribution in [0.4, 0.5) is 0 Å². The molecule has 1 fully saturated rings. The number of rotatable bonds is 6. The van der Waals surface area contributed by atoms with Crippen LogP contribution in [0.15, 0.2) is 24.9 Å². The number of carbonyl (C=O) groups is 2. The molecule has 140 valence electrons. The van der Waals surface area contributed by atoms with Gasteiger partial charge in [0, 0.05) is 70.9 Å². The molecular formula is C17H25N7O2. The fraction of sp³-hybridized carbons (Fsp3) is 0.529. The molecule has 1 saturated heterocycles. The van der Waals surface area contributed by atoms with Crippen LogP contribution < -0.4 is 5.32 Å². The summed E-state index contributed by atoms with van der Waals surface area (Å²) in [6.45, 7) is 5.06. The third-order valence-electron chi connectivity index (χ3n) is 4.62. The molecule has 0 radical (unpaired) electrons. The minimum Gasteiger partial charge on any atom is -0.348 e. The Morgan fingerprint density at radius 2 is 2.08 bits per heavy atom. The van der Waals surface area contributed by atoms with E-state index >= 15 is 0 Å². The van der Waals surface area contributed by atoms with Crippen molar-refractivity contribution in [1.82, 2.24) is 34.6 Å². The SMILES string of the molecule is CC(=O)N[C@@H](Cc1cnc[nH]1)C(=O)N1CCN(Cc2nccn2C)CC1. The Morgan fingerprint density at radius 3 is 2.65 bits per heavy atom. The van der Waals surface area contributed by atoms with Gasteiger partial charge >= 0.3 is 0 Å². The van der Waals surface area contributed by atoms with E-state index < -0.39 is 6.04 Å². The first kappa shape index (κ1) is 18.1. The first-order valence-corrected chi connectivity index (χ1v) is 8.74. The zero-order valence-electron chi connectivity index (χ0n) is 15.2. The van der Waals surface area contributed by atoms with Crippen LogP contribution in [0, 0.1) is 0 Å². The Balaban J connectivity index is 1.56. The quantitative estimate of drug-likeness (QED) is 0.727. The van der Waals surface area contributed by atoms with Gasteiger partial charge in [0.05, 0.1) is 12.9 Å². The van der Waals surface area contributed by atoms with Crippen LogP contribution in [0.25, 0.3) is 0 Å². The van der Waals surface area contributed by atoms with E-state index in [1.54, 1.807) is 18.7 Å². The summed E-state index contributed by atoms with van der Waals surface area (Å²) >= 11 is 0. The van der Waals surface area contributed by atoms with Crippen LogP contribution in [0.2, 0.25) is 0 Å². The summed E-state index contributed by atoms with van der Waals surface area (Å²) < 4.78 is 2.01. The molecule has 0 aromatic carbocycles. The van der Waals surface area contributed by atoms with Gasteiger partial charge in [-0.25, -0.2) is 9.97 Å². The van der Waals surface area contributed by atoms with Crippen molar-refractivity contribution in [3.63, 3.8) is 0 Å². The highest BCUT2D eigenvalue weighted by Crippen LogP contribution is 2.10. The zero-order valence-corrected chi connectivity index (χ0v) is 15.2. The molecule has 0 saturated carbocycles. The molecule has 1 aliphatic rings. The topological polar surface area (TPSA) is 99.1 Å². The van der Waals surface area contributed by atoms with Crippen molar-refractivity contribution in [2.45, 2.75) is 25.9 Å². The third-order valence-corrected chi connectivity index (χ3v) is 4.62. The summed E-state index contributed by atoms with van der Waals surface area (Å²) in [6, 6.07) is -0.575. The lowest BCUT2D eigenvalue weighted by atomic mass is 10.1. The molecule has 2 aromatic rings. The van der Waals surface area contributed by atoms with E-state index in [2.05, 4.69) is 25.2 Å². The van der Waals surface area contributed by atoms with Gasteiger partial charge in [0.2, 0.25) is 11.8 Å². The highest BCUT2D eigenvalue weighted by molar-refractivity contribution is 5.87. The second-order valence-corrected chi connectivity index (χ2v) is 6.59. The first-order valence-electron chi connectivity index (χ1n) is 8.74. The predicted molar refractivity (Wildman–Crippen MR) is 95.0 cm³/mol. The van der Waals surface area contributed by atoms with Crippen molar-refractivity contribution in [3.05, 3.63) is 36.4 Å². The Labute approximate surface area is 152 Å². The van der Waals surface area contributed by atoms with Gasteiger partial charge in [-0.1, -0.05) is 0 Å². The van der Waals surface area contributed by atoms with E-state index in [1.807, 2.05) is 22.7 Å². The molecule has 0 unspecified atom stereocenters. The Morgan fingerprint density at radius 1 is 1.31 bits per heavy atom. The molecule has 9 heteroatoms. The zero-order chi connectivity index (χ0) is 18.5. The number of nitrogens with one attached hydrogen (secondary N) is 2. The summed E-state index contributed by atoms with van der Waals surface area (Å²) in [5, 5.41) is 2.77. The number of aromatic nitrogens is 4. The largest absolute Gasteiger partial charge is 0.348 e. The fourth-order valence-corrected chi connectivity index (χ4v) is 3.16. The number of hydrogen-bond donors (Lipinski definition) is 2. The van der Waals surface area contributed by atoms with E-state index in [0.29, 0.717) is 19.5 Å². The molecule has 3 heterocycles. The number of piperazine rings is 1. The minimum absolute atomic E-state index is 0.0496. The van der Waals surface area contributed by atoms with Crippen molar-refractivity contribution >= 4 is 11.8 Å². The van der Waals surface area contributed by atoms with Gasteiger partial charge in [-0.2, -0.15) is 0 Å². The molecule has 9 nitrogen and oxygen atoms in total. The van der Waals surface area contributed by atoms with Crippen molar-refractivity contribution in [3.8, 4) is 0 Å². The lowest BCUT2D eigenvalue weighted by Gasteiger charge is -2.36. The average molecular weight is 359 g/mol. The maximum atomic E-state index is 12.9. The van der Waals surface area contributed by atoms with E-state index in [9.17, 15) is 9.59 Å². The number of imidazole rings is 2. The molecule has 2 amide bonds. The molecule has 0 bridgehead atoms.